The van der Waals surface area contributed by atoms with Gasteiger partial charge in [-0.25, -0.2) is 0 Å². The number of carbonyl (C=O) groups excluding carboxylic acids is 1. The van der Waals surface area contributed by atoms with Crippen molar-refractivity contribution in [2.75, 3.05) is 0 Å². The van der Waals surface area contributed by atoms with Gasteiger partial charge in [0.2, 0.25) is 0 Å². The van der Waals surface area contributed by atoms with E-state index in [0.717, 1.165) is 29.4 Å². The number of Topliss-reactive ketones (excluding diaryl/α,β-unsaturated/α-hetero) is 1. The number of pyridine rings is 1. The fourth-order valence-corrected chi connectivity index (χ4v) is 2.49. The number of ketones is 1. The molecule has 1 fully saturated rings. The maximum atomic E-state index is 12.1. The Morgan fingerprint density at radius 1 is 1.35 bits per heavy atom. The lowest BCUT2D eigenvalue weighted by atomic mass is 9.80. The molecule has 0 saturated heterocycles. The van der Waals surface area contributed by atoms with Gasteiger partial charge in [0, 0.05) is 16.4 Å². The number of carbonyl (C=O) groups is 1. The Labute approximate surface area is 109 Å². The Morgan fingerprint density at radius 2 is 2.06 bits per heavy atom. The van der Waals surface area contributed by atoms with E-state index < -0.39 is 5.60 Å². The van der Waals surface area contributed by atoms with Crippen molar-refractivity contribution in [3.63, 3.8) is 0 Å². The number of rotatable bonds is 3. The number of aliphatic hydroxyl groups is 1. The van der Waals surface area contributed by atoms with Crippen LogP contribution in [-0.4, -0.2) is 21.5 Å². The van der Waals surface area contributed by atoms with Gasteiger partial charge in [-0.3, -0.25) is 9.78 Å². The third-order valence-corrected chi connectivity index (χ3v) is 3.80. The highest BCUT2D eigenvalue weighted by Gasteiger charge is 2.36. The molecule has 0 aliphatic heterocycles. The average molecular weight is 298 g/mol. The zero-order valence-corrected chi connectivity index (χ0v) is 11.2. The molecule has 0 atom stereocenters. The molecular weight excluding hydrogens is 282 g/mol. The van der Waals surface area contributed by atoms with E-state index in [0.29, 0.717) is 12.8 Å². The molecule has 0 radical (unpaired) electrons. The van der Waals surface area contributed by atoms with E-state index in [1.807, 2.05) is 12.1 Å². The fourth-order valence-electron chi connectivity index (χ4n) is 2.26. The van der Waals surface area contributed by atoms with Crippen LogP contribution in [0.2, 0.25) is 0 Å². The van der Waals surface area contributed by atoms with Gasteiger partial charge in [0.05, 0.1) is 6.42 Å². The minimum Gasteiger partial charge on any atom is -0.382 e. The summed E-state index contributed by atoms with van der Waals surface area (Å²) in [5.41, 5.74) is -0.385. The maximum absolute atomic E-state index is 12.1. The van der Waals surface area contributed by atoms with Crippen molar-refractivity contribution >= 4 is 21.7 Å². The van der Waals surface area contributed by atoms with Crippen LogP contribution in [0.5, 0.6) is 0 Å². The predicted molar refractivity (Wildman–Crippen MR) is 68.7 cm³/mol. The second-order valence-corrected chi connectivity index (χ2v) is 5.58. The zero-order valence-electron chi connectivity index (χ0n) is 9.66. The van der Waals surface area contributed by atoms with Gasteiger partial charge in [0.25, 0.3) is 0 Å². The average Bonchev–Trinajstić information content (AvgIpc) is 2.33. The molecule has 1 aliphatic rings. The fraction of sp³-hybridized carbons (Fsp3) is 0.538. The van der Waals surface area contributed by atoms with Gasteiger partial charge in [0.1, 0.15) is 5.60 Å². The van der Waals surface area contributed by atoms with Crippen LogP contribution in [0.15, 0.2) is 22.8 Å². The van der Waals surface area contributed by atoms with E-state index in [1.54, 1.807) is 6.20 Å². The van der Waals surface area contributed by atoms with Gasteiger partial charge in [-0.15, -0.1) is 0 Å². The maximum Gasteiger partial charge on any atom is 0.170 e. The lowest BCUT2D eigenvalue weighted by Crippen LogP contribution is -2.41. The topological polar surface area (TPSA) is 50.2 Å². The monoisotopic (exact) mass is 297 g/mol. The molecule has 0 bridgehead atoms. The van der Waals surface area contributed by atoms with Crippen LogP contribution in [0.4, 0.5) is 0 Å². The van der Waals surface area contributed by atoms with Crippen LogP contribution in [-0.2, 0) is 11.2 Å². The van der Waals surface area contributed by atoms with Crippen molar-refractivity contribution in [3.05, 3.63) is 28.5 Å². The molecule has 3 nitrogen and oxygen atoms in total. The van der Waals surface area contributed by atoms with Crippen molar-refractivity contribution in [3.8, 4) is 0 Å². The normalized spacial score (nSPS) is 18.9. The molecule has 0 amide bonds. The molecule has 1 aromatic rings. The lowest BCUT2D eigenvalue weighted by Gasteiger charge is -2.30. The minimum absolute atomic E-state index is 0.0907. The molecule has 1 aromatic heterocycles. The first-order chi connectivity index (χ1) is 8.10. The highest BCUT2D eigenvalue weighted by molar-refractivity contribution is 9.10. The minimum atomic E-state index is -1.10. The molecule has 0 spiro atoms. The van der Waals surface area contributed by atoms with Gasteiger partial charge < -0.3 is 5.11 Å². The van der Waals surface area contributed by atoms with E-state index in [9.17, 15) is 9.90 Å². The van der Waals surface area contributed by atoms with E-state index in [4.69, 9.17) is 0 Å². The summed E-state index contributed by atoms with van der Waals surface area (Å²) in [6, 6.07) is 3.68. The quantitative estimate of drug-likeness (QED) is 0.933. The molecular formula is C13H16BrNO2. The summed E-state index contributed by atoms with van der Waals surface area (Å²) in [6.45, 7) is 0. The summed E-state index contributed by atoms with van der Waals surface area (Å²) < 4.78 is 0.894. The van der Waals surface area contributed by atoms with Gasteiger partial charge in [0.15, 0.2) is 5.78 Å². The van der Waals surface area contributed by atoms with Crippen molar-refractivity contribution in [1.29, 1.82) is 0 Å². The molecule has 0 aromatic carbocycles. The van der Waals surface area contributed by atoms with Gasteiger partial charge in [-0.2, -0.15) is 0 Å². The predicted octanol–water partition coefficient (Wildman–Crippen LogP) is 2.65. The van der Waals surface area contributed by atoms with E-state index in [2.05, 4.69) is 20.9 Å². The Balaban J connectivity index is 2.03. The van der Waals surface area contributed by atoms with Crippen LogP contribution in [0.25, 0.3) is 0 Å². The summed E-state index contributed by atoms with van der Waals surface area (Å²) in [5.74, 6) is -0.0907. The largest absolute Gasteiger partial charge is 0.382 e. The number of halogens is 1. The highest BCUT2D eigenvalue weighted by Crippen LogP contribution is 2.29. The SMILES string of the molecule is O=C(Cc1ccc(Br)cn1)C1(O)CCCCC1. The third-order valence-electron chi connectivity index (χ3n) is 3.33. The number of hydrogen-bond donors (Lipinski definition) is 1. The molecule has 1 heterocycles. The summed E-state index contributed by atoms with van der Waals surface area (Å²) in [4.78, 5) is 16.2. The van der Waals surface area contributed by atoms with Gasteiger partial charge in [-0.1, -0.05) is 19.3 Å². The second-order valence-electron chi connectivity index (χ2n) is 4.66. The Kier molecular flexibility index (Phi) is 3.94. The zero-order chi connectivity index (χ0) is 12.3. The number of hydrogen-bond acceptors (Lipinski definition) is 3. The molecule has 1 saturated carbocycles. The molecule has 0 unspecified atom stereocenters. The summed E-state index contributed by atoms with van der Waals surface area (Å²) in [5, 5.41) is 10.3. The van der Waals surface area contributed by atoms with Crippen molar-refractivity contribution in [2.24, 2.45) is 0 Å². The number of nitrogens with zero attached hydrogens (tertiary/aromatic N) is 1. The molecule has 4 heteroatoms. The first-order valence-electron chi connectivity index (χ1n) is 5.96. The van der Waals surface area contributed by atoms with Crippen LogP contribution in [0.3, 0.4) is 0 Å². The molecule has 1 aliphatic carbocycles. The molecule has 92 valence electrons. The number of aromatic nitrogens is 1. The van der Waals surface area contributed by atoms with Crippen LogP contribution in [0, 0.1) is 0 Å². The first-order valence-corrected chi connectivity index (χ1v) is 6.76. The van der Waals surface area contributed by atoms with Crippen LogP contribution in [0.1, 0.15) is 37.8 Å². The smallest absolute Gasteiger partial charge is 0.170 e. The Bertz CT molecular complexity index is 396. The Hall–Kier alpha value is -0.740. The summed E-state index contributed by atoms with van der Waals surface area (Å²) >= 11 is 3.30. The van der Waals surface area contributed by atoms with Crippen molar-refractivity contribution in [2.45, 2.75) is 44.1 Å². The van der Waals surface area contributed by atoms with Crippen molar-refractivity contribution in [1.82, 2.24) is 4.98 Å². The summed E-state index contributed by atoms with van der Waals surface area (Å²) in [7, 11) is 0. The molecule has 17 heavy (non-hydrogen) atoms. The Morgan fingerprint density at radius 3 is 2.65 bits per heavy atom. The van der Waals surface area contributed by atoms with E-state index >= 15 is 0 Å². The molecule has 1 N–H and O–H groups in total. The van der Waals surface area contributed by atoms with Crippen LogP contribution < -0.4 is 0 Å². The van der Waals surface area contributed by atoms with Crippen molar-refractivity contribution < 1.29 is 9.90 Å². The third kappa shape index (κ3) is 3.13. The first kappa shape index (κ1) is 12.7. The van der Waals surface area contributed by atoms with Gasteiger partial charge in [-0.05, 0) is 40.9 Å². The standard InChI is InChI=1S/C13H16BrNO2/c14-10-4-5-11(15-9-10)8-12(16)13(17)6-2-1-3-7-13/h4-5,9,17H,1-3,6-8H2. The summed E-state index contributed by atoms with van der Waals surface area (Å²) in [6.07, 6.45) is 6.10. The second kappa shape index (κ2) is 5.27. The highest BCUT2D eigenvalue weighted by atomic mass is 79.9. The lowest BCUT2D eigenvalue weighted by molar-refractivity contribution is -0.139. The van der Waals surface area contributed by atoms with E-state index in [-0.39, 0.29) is 12.2 Å². The van der Waals surface area contributed by atoms with Crippen LogP contribution >= 0.6 is 15.9 Å². The van der Waals surface area contributed by atoms with Gasteiger partial charge >= 0.3 is 0 Å². The molecule has 2 rings (SSSR count). The van der Waals surface area contributed by atoms with E-state index in [1.165, 1.54) is 0 Å².